The van der Waals surface area contributed by atoms with Gasteiger partial charge in [0.2, 0.25) is 11.8 Å². The first-order valence-corrected chi connectivity index (χ1v) is 9.91. The molecule has 0 aliphatic carbocycles. The Morgan fingerprint density at radius 1 is 0.903 bits per heavy atom. The molecule has 0 aliphatic heterocycles. The number of benzene rings is 2. The van der Waals surface area contributed by atoms with Crippen molar-refractivity contribution in [3.63, 3.8) is 0 Å². The van der Waals surface area contributed by atoms with E-state index in [2.05, 4.69) is 4.98 Å². The van der Waals surface area contributed by atoms with E-state index in [4.69, 9.17) is 10.5 Å². The highest BCUT2D eigenvalue weighted by molar-refractivity contribution is 5.82. The van der Waals surface area contributed by atoms with E-state index < -0.39 is 5.91 Å². The van der Waals surface area contributed by atoms with Crippen molar-refractivity contribution >= 4 is 11.8 Å². The van der Waals surface area contributed by atoms with Gasteiger partial charge in [-0.2, -0.15) is 0 Å². The van der Waals surface area contributed by atoms with Crippen LogP contribution in [-0.2, 0) is 29.3 Å². The predicted molar refractivity (Wildman–Crippen MR) is 114 cm³/mol. The predicted octanol–water partition coefficient (Wildman–Crippen LogP) is 3.59. The monoisotopic (exact) mass is 421 g/mol. The molecule has 6 nitrogen and oxygen atoms in total. The highest BCUT2D eigenvalue weighted by atomic mass is 19.1. The Morgan fingerprint density at radius 2 is 1.58 bits per heavy atom. The third-order valence-corrected chi connectivity index (χ3v) is 4.65. The first-order chi connectivity index (χ1) is 15.0. The number of nitrogens with zero attached hydrogens (tertiary/aromatic N) is 2. The number of ether oxygens (including phenoxy) is 1. The summed E-state index contributed by atoms with van der Waals surface area (Å²) in [6, 6.07) is 17.3. The molecule has 0 radical (unpaired) electrons. The lowest BCUT2D eigenvalue weighted by molar-refractivity contribution is -0.134. The number of rotatable bonds is 10. The van der Waals surface area contributed by atoms with Crippen LogP contribution in [0, 0.1) is 5.82 Å². The highest BCUT2D eigenvalue weighted by Crippen LogP contribution is 2.17. The molecule has 0 saturated heterocycles. The molecule has 31 heavy (non-hydrogen) atoms. The number of carbonyl (C=O) groups is 2. The van der Waals surface area contributed by atoms with Crippen molar-refractivity contribution in [2.45, 2.75) is 32.5 Å². The second kappa shape index (κ2) is 10.9. The second-order valence-electron chi connectivity index (χ2n) is 7.14. The smallest absolute Gasteiger partial charge is 0.223 e. The molecule has 3 rings (SSSR count). The molecule has 1 heterocycles. The molecule has 0 bridgehead atoms. The summed E-state index contributed by atoms with van der Waals surface area (Å²) in [5, 5.41) is 0. The normalized spacial score (nSPS) is 10.5. The van der Waals surface area contributed by atoms with Gasteiger partial charge in [0, 0.05) is 38.3 Å². The van der Waals surface area contributed by atoms with Gasteiger partial charge in [0.25, 0.3) is 0 Å². The summed E-state index contributed by atoms with van der Waals surface area (Å²) in [6.07, 6.45) is 3.46. The second-order valence-corrected chi connectivity index (χ2v) is 7.14. The fraction of sp³-hybridized carbons (Fsp3) is 0.208. The largest absolute Gasteiger partial charge is 0.489 e. The van der Waals surface area contributed by atoms with E-state index in [1.807, 2.05) is 36.4 Å². The minimum atomic E-state index is -0.502. The molecule has 0 spiro atoms. The summed E-state index contributed by atoms with van der Waals surface area (Å²) in [5.74, 6) is -0.266. The van der Waals surface area contributed by atoms with E-state index in [1.54, 1.807) is 29.4 Å². The summed E-state index contributed by atoms with van der Waals surface area (Å²) in [7, 11) is 0. The van der Waals surface area contributed by atoms with Crippen LogP contribution in [0.1, 0.15) is 29.5 Å². The maximum atomic E-state index is 13.0. The molecule has 3 aromatic rings. The van der Waals surface area contributed by atoms with Crippen LogP contribution in [-0.4, -0.2) is 21.7 Å². The van der Waals surface area contributed by atoms with E-state index in [1.165, 1.54) is 12.1 Å². The van der Waals surface area contributed by atoms with Gasteiger partial charge in [0.1, 0.15) is 18.2 Å². The van der Waals surface area contributed by atoms with Gasteiger partial charge in [0.05, 0.1) is 0 Å². The molecule has 0 saturated carbocycles. The van der Waals surface area contributed by atoms with Crippen molar-refractivity contribution in [3.8, 4) is 5.75 Å². The van der Waals surface area contributed by atoms with Crippen LogP contribution in [0.5, 0.6) is 5.75 Å². The zero-order chi connectivity index (χ0) is 22.1. The van der Waals surface area contributed by atoms with Crippen LogP contribution in [0.15, 0.2) is 73.1 Å². The Bertz CT molecular complexity index is 993. The number of nitrogens with two attached hydrogens (primary N) is 1. The molecule has 2 aromatic carbocycles. The minimum Gasteiger partial charge on any atom is -0.489 e. The minimum absolute atomic E-state index is 0.0124. The van der Waals surface area contributed by atoms with Crippen LogP contribution in [0.25, 0.3) is 0 Å². The quantitative estimate of drug-likeness (QED) is 0.542. The first-order valence-electron chi connectivity index (χ1n) is 9.91. The van der Waals surface area contributed by atoms with E-state index in [0.29, 0.717) is 25.4 Å². The Morgan fingerprint density at radius 3 is 2.23 bits per heavy atom. The SMILES string of the molecule is NC(=O)CCC(=O)N(Cc1ccc(OCc2ccc(F)cc2)cc1)Cc1cccnc1. The van der Waals surface area contributed by atoms with Crippen molar-refractivity contribution in [2.75, 3.05) is 0 Å². The number of aromatic nitrogens is 1. The number of primary amides is 1. The molecule has 0 fully saturated rings. The van der Waals surface area contributed by atoms with Gasteiger partial charge in [-0.05, 0) is 47.0 Å². The topological polar surface area (TPSA) is 85.5 Å². The number of amides is 2. The average Bonchev–Trinajstić information content (AvgIpc) is 2.78. The van der Waals surface area contributed by atoms with Crippen molar-refractivity contribution in [2.24, 2.45) is 5.73 Å². The Hall–Kier alpha value is -3.74. The van der Waals surface area contributed by atoms with Gasteiger partial charge in [-0.1, -0.05) is 30.3 Å². The fourth-order valence-electron chi connectivity index (χ4n) is 2.99. The molecular weight excluding hydrogens is 397 g/mol. The number of pyridine rings is 1. The van der Waals surface area contributed by atoms with Gasteiger partial charge in [-0.15, -0.1) is 0 Å². The molecule has 0 unspecified atom stereocenters. The van der Waals surface area contributed by atoms with E-state index in [-0.39, 0.29) is 24.6 Å². The van der Waals surface area contributed by atoms with E-state index in [9.17, 15) is 14.0 Å². The lowest BCUT2D eigenvalue weighted by atomic mass is 10.1. The average molecular weight is 421 g/mol. The lowest BCUT2D eigenvalue weighted by Gasteiger charge is -2.23. The number of hydrogen-bond acceptors (Lipinski definition) is 4. The maximum Gasteiger partial charge on any atom is 0.223 e. The Labute approximate surface area is 180 Å². The van der Waals surface area contributed by atoms with Crippen molar-refractivity contribution in [1.29, 1.82) is 0 Å². The lowest BCUT2D eigenvalue weighted by Crippen LogP contribution is -2.31. The Balaban J connectivity index is 1.63. The molecule has 0 aliphatic rings. The summed E-state index contributed by atoms with van der Waals surface area (Å²) in [5.41, 5.74) is 7.88. The van der Waals surface area contributed by atoms with Crippen molar-refractivity contribution in [3.05, 3.63) is 95.6 Å². The summed E-state index contributed by atoms with van der Waals surface area (Å²) in [6.45, 7) is 1.09. The number of carbonyl (C=O) groups excluding carboxylic acids is 2. The van der Waals surface area contributed by atoms with Crippen LogP contribution in [0.3, 0.4) is 0 Å². The molecule has 7 heteroatoms. The first kappa shape index (κ1) is 22.0. The molecule has 2 N–H and O–H groups in total. The summed E-state index contributed by atoms with van der Waals surface area (Å²) >= 11 is 0. The number of hydrogen-bond donors (Lipinski definition) is 1. The van der Waals surface area contributed by atoms with Gasteiger partial charge in [-0.3, -0.25) is 14.6 Å². The van der Waals surface area contributed by atoms with Crippen LogP contribution >= 0.6 is 0 Å². The Kier molecular flexibility index (Phi) is 7.70. The van der Waals surface area contributed by atoms with Crippen LogP contribution in [0.2, 0.25) is 0 Å². The molecule has 1 aromatic heterocycles. The van der Waals surface area contributed by atoms with Crippen LogP contribution in [0.4, 0.5) is 4.39 Å². The van der Waals surface area contributed by atoms with E-state index in [0.717, 1.165) is 16.7 Å². The van der Waals surface area contributed by atoms with Crippen molar-refractivity contribution < 1.29 is 18.7 Å². The third-order valence-electron chi connectivity index (χ3n) is 4.65. The zero-order valence-electron chi connectivity index (χ0n) is 17.0. The fourth-order valence-corrected chi connectivity index (χ4v) is 2.99. The zero-order valence-corrected chi connectivity index (χ0v) is 17.0. The highest BCUT2D eigenvalue weighted by Gasteiger charge is 2.16. The number of halogens is 1. The summed E-state index contributed by atoms with van der Waals surface area (Å²) in [4.78, 5) is 29.5. The van der Waals surface area contributed by atoms with Gasteiger partial charge in [0.15, 0.2) is 0 Å². The molecular formula is C24H24FN3O3. The van der Waals surface area contributed by atoms with Gasteiger partial charge < -0.3 is 15.4 Å². The summed E-state index contributed by atoms with van der Waals surface area (Å²) < 4.78 is 18.7. The standard InChI is InChI=1S/C24H24FN3O3/c25-21-7-3-19(4-8-21)17-31-22-9-5-18(6-10-22)15-28(24(30)12-11-23(26)29)16-20-2-1-13-27-14-20/h1-10,13-14H,11-12,15-17H2,(H2,26,29). The molecule has 2 amide bonds. The third kappa shape index (κ3) is 7.22. The maximum absolute atomic E-state index is 13.0. The molecule has 160 valence electrons. The molecule has 0 atom stereocenters. The van der Waals surface area contributed by atoms with Gasteiger partial charge >= 0.3 is 0 Å². The van der Waals surface area contributed by atoms with Gasteiger partial charge in [-0.25, -0.2) is 4.39 Å². The van der Waals surface area contributed by atoms with E-state index >= 15 is 0 Å². The van der Waals surface area contributed by atoms with Crippen molar-refractivity contribution in [1.82, 2.24) is 9.88 Å². The van der Waals surface area contributed by atoms with Crippen LogP contribution < -0.4 is 10.5 Å².